The Hall–Kier alpha value is -2.01. The van der Waals surface area contributed by atoms with Gasteiger partial charge in [-0.2, -0.15) is 0 Å². The van der Waals surface area contributed by atoms with Crippen molar-refractivity contribution >= 4 is 11.9 Å². The highest BCUT2D eigenvalue weighted by atomic mass is 16.6. The highest BCUT2D eigenvalue weighted by molar-refractivity contribution is 5.77. The SMILES string of the molecule is [CH2+]C(C)(C)OC(=O)[C@H](N)CCC(=O)OCc1ccccc1. The van der Waals surface area contributed by atoms with Gasteiger partial charge in [0.2, 0.25) is 5.60 Å². The molecule has 5 heteroatoms. The number of hydrogen-bond acceptors (Lipinski definition) is 5. The summed E-state index contributed by atoms with van der Waals surface area (Å²) >= 11 is 0. The smallest absolute Gasteiger partial charge is 0.326 e. The van der Waals surface area contributed by atoms with Gasteiger partial charge in [-0.3, -0.25) is 9.59 Å². The van der Waals surface area contributed by atoms with Crippen molar-refractivity contribution in [1.82, 2.24) is 0 Å². The third kappa shape index (κ3) is 7.37. The number of carbonyl (C=O) groups excluding carboxylic acids is 2. The van der Waals surface area contributed by atoms with Crippen LogP contribution in [0.5, 0.6) is 0 Å². The fraction of sp³-hybridized carbons (Fsp3) is 0.438. The summed E-state index contributed by atoms with van der Waals surface area (Å²) in [5.41, 5.74) is 5.75. The number of esters is 2. The molecule has 0 unspecified atom stereocenters. The summed E-state index contributed by atoms with van der Waals surface area (Å²) in [5, 5.41) is 0. The number of benzene rings is 1. The maximum absolute atomic E-state index is 11.6. The molecule has 0 spiro atoms. The van der Waals surface area contributed by atoms with E-state index in [-0.39, 0.29) is 19.4 Å². The van der Waals surface area contributed by atoms with E-state index in [2.05, 4.69) is 6.92 Å². The molecular weight excluding hydrogens is 270 g/mol. The third-order valence-electron chi connectivity index (χ3n) is 2.58. The van der Waals surface area contributed by atoms with E-state index >= 15 is 0 Å². The summed E-state index contributed by atoms with van der Waals surface area (Å²) in [4.78, 5) is 23.2. The lowest BCUT2D eigenvalue weighted by Crippen LogP contribution is -2.37. The van der Waals surface area contributed by atoms with Gasteiger partial charge in [-0.1, -0.05) is 30.3 Å². The van der Waals surface area contributed by atoms with E-state index in [4.69, 9.17) is 15.2 Å². The Kier molecular flexibility index (Phi) is 6.24. The molecule has 0 saturated carbocycles. The minimum atomic E-state index is -0.852. The first-order valence-corrected chi connectivity index (χ1v) is 6.81. The monoisotopic (exact) mass is 292 g/mol. The summed E-state index contributed by atoms with van der Waals surface area (Å²) in [7, 11) is 0. The molecule has 0 aliphatic heterocycles. The molecule has 21 heavy (non-hydrogen) atoms. The van der Waals surface area contributed by atoms with Crippen molar-refractivity contribution in [2.45, 2.75) is 44.9 Å². The molecule has 5 nitrogen and oxygen atoms in total. The second kappa shape index (κ2) is 7.69. The molecular formula is C16H22NO4+. The summed E-state index contributed by atoms with van der Waals surface area (Å²) < 4.78 is 10.1. The van der Waals surface area contributed by atoms with Crippen LogP contribution in [0.25, 0.3) is 0 Å². The zero-order valence-corrected chi connectivity index (χ0v) is 12.5. The molecule has 1 atom stereocenters. The highest BCUT2D eigenvalue weighted by Crippen LogP contribution is 2.10. The molecule has 1 aromatic carbocycles. The molecule has 0 fully saturated rings. The molecule has 0 radical (unpaired) electrons. The lowest BCUT2D eigenvalue weighted by molar-refractivity contribution is -0.154. The van der Waals surface area contributed by atoms with Gasteiger partial charge in [0.25, 0.3) is 0 Å². The number of nitrogens with two attached hydrogens (primary N) is 1. The van der Waals surface area contributed by atoms with Crippen LogP contribution in [-0.4, -0.2) is 23.6 Å². The zero-order valence-electron chi connectivity index (χ0n) is 12.5. The average molecular weight is 292 g/mol. The number of carbonyl (C=O) groups is 2. The van der Waals surface area contributed by atoms with Crippen molar-refractivity contribution in [1.29, 1.82) is 0 Å². The zero-order chi connectivity index (χ0) is 15.9. The molecule has 0 aliphatic carbocycles. The summed E-state index contributed by atoms with van der Waals surface area (Å²) in [5.74, 6) is -0.957. The summed E-state index contributed by atoms with van der Waals surface area (Å²) in [6, 6.07) is 8.51. The van der Waals surface area contributed by atoms with Gasteiger partial charge in [0, 0.05) is 20.3 Å². The fourth-order valence-electron chi connectivity index (χ4n) is 1.55. The van der Waals surface area contributed by atoms with Gasteiger partial charge in [-0.25, -0.2) is 0 Å². The minimum absolute atomic E-state index is 0.0701. The predicted octanol–water partition coefficient (Wildman–Crippen LogP) is 1.99. The van der Waals surface area contributed by atoms with Gasteiger partial charge in [0.15, 0.2) is 0 Å². The Balaban J connectivity index is 2.28. The van der Waals surface area contributed by atoms with E-state index in [0.717, 1.165) is 5.56 Å². The quantitative estimate of drug-likeness (QED) is 0.614. The molecule has 2 N–H and O–H groups in total. The first kappa shape index (κ1) is 17.0. The van der Waals surface area contributed by atoms with Gasteiger partial charge in [-0.15, -0.1) is 0 Å². The van der Waals surface area contributed by atoms with Crippen molar-refractivity contribution in [2.75, 3.05) is 0 Å². The van der Waals surface area contributed by atoms with E-state index in [1.165, 1.54) is 0 Å². The number of rotatable bonds is 7. The van der Waals surface area contributed by atoms with Gasteiger partial charge in [0.05, 0.1) is 0 Å². The Labute approximate surface area is 125 Å². The Bertz CT molecular complexity index is 465. The topological polar surface area (TPSA) is 78.6 Å². The lowest BCUT2D eigenvalue weighted by atomic mass is 10.1. The average Bonchev–Trinajstić information content (AvgIpc) is 2.41. The maximum atomic E-state index is 11.6. The van der Waals surface area contributed by atoms with Crippen LogP contribution in [0, 0.1) is 6.92 Å². The normalized spacial score (nSPS) is 12.5. The molecule has 0 aliphatic rings. The van der Waals surface area contributed by atoms with Gasteiger partial charge < -0.3 is 15.2 Å². The van der Waals surface area contributed by atoms with Crippen LogP contribution in [0.4, 0.5) is 0 Å². The Morgan fingerprint density at radius 1 is 1.29 bits per heavy atom. The Morgan fingerprint density at radius 2 is 1.90 bits per heavy atom. The first-order valence-electron chi connectivity index (χ1n) is 6.81. The lowest BCUT2D eigenvalue weighted by Gasteiger charge is -2.16. The van der Waals surface area contributed by atoms with Crippen LogP contribution in [0.2, 0.25) is 0 Å². The van der Waals surface area contributed by atoms with Crippen molar-refractivity contribution < 1.29 is 19.1 Å². The third-order valence-corrected chi connectivity index (χ3v) is 2.58. The fourth-order valence-corrected chi connectivity index (χ4v) is 1.55. The highest BCUT2D eigenvalue weighted by Gasteiger charge is 2.27. The molecule has 0 heterocycles. The summed E-state index contributed by atoms with van der Waals surface area (Å²) in [6.45, 7) is 7.19. The molecule has 0 amide bonds. The van der Waals surface area contributed by atoms with Crippen LogP contribution >= 0.6 is 0 Å². The van der Waals surface area contributed by atoms with Crippen LogP contribution in [-0.2, 0) is 25.7 Å². The van der Waals surface area contributed by atoms with Crippen LogP contribution in [0.3, 0.4) is 0 Å². The van der Waals surface area contributed by atoms with E-state index in [9.17, 15) is 9.59 Å². The standard InChI is InChI=1S/C16H22NO4/c1-16(2,3)21-15(19)13(17)9-10-14(18)20-11-12-7-5-4-6-8-12/h4-8,13H,1,9-11,17H2,2-3H3/q+1/t13-/m1/s1. The van der Waals surface area contributed by atoms with Gasteiger partial charge in [0.1, 0.15) is 19.6 Å². The van der Waals surface area contributed by atoms with Crippen LogP contribution < -0.4 is 5.73 Å². The molecule has 1 rings (SSSR count). The van der Waals surface area contributed by atoms with Crippen LogP contribution in [0.15, 0.2) is 30.3 Å². The van der Waals surface area contributed by atoms with E-state index < -0.39 is 23.6 Å². The second-order valence-electron chi connectivity index (χ2n) is 5.47. The van der Waals surface area contributed by atoms with Crippen molar-refractivity contribution in [3.63, 3.8) is 0 Å². The number of ether oxygens (including phenoxy) is 2. The Morgan fingerprint density at radius 3 is 2.48 bits per heavy atom. The first-order chi connectivity index (χ1) is 9.78. The molecule has 0 bridgehead atoms. The van der Waals surface area contributed by atoms with Crippen molar-refractivity contribution in [2.24, 2.45) is 5.73 Å². The molecule has 0 saturated heterocycles. The second-order valence-corrected chi connectivity index (χ2v) is 5.47. The van der Waals surface area contributed by atoms with Gasteiger partial charge in [-0.05, 0) is 12.0 Å². The minimum Gasteiger partial charge on any atom is -0.461 e. The van der Waals surface area contributed by atoms with Crippen molar-refractivity contribution in [3.05, 3.63) is 42.8 Å². The number of hydrogen-bond donors (Lipinski definition) is 1. The largest absolute Gasteiger partial charge is 0.461 e. The van der Waals surface area contributed by atoms with E-state index in [1.54, 1.807) is 13.8 Å². The molecule has 114 valence electrons. The van der Waals surface area contributed by atoms with Crippen molar-refractivity contribution in [3.8, 4) is 0 Å². The van der Waals surface area contributed by atoms with E-state index in [1.807, 2.05) is 30.3 Å². The molecule has 1 aromatic rings. The van der Waals surface area contributed by atoms with E-state index in [0.29, 0.717) is 0 Å². The van der Waals surface area contributed by atoms with Gasteiger partial charge >= 0.3 is 11.9 Å². The van der Waals surface area contributed by atoms with Crippen LogP contribution in [0.1, 0.15) is 32.3 Å². The predicted molar refractivity (Wildman–Crippen MR) is 79.0 cm³/mol. The molecule has 0 aromatic heterocycles. The summed E-state index contributed by atoms with van der Waals surface area (Å²) in [6.07, 6.45) is 0.253. The maximum Gasteiger partial charge on any atom is 0.326 e.